The van der Waals surface area contributed by atoms with Gasteiger partial charge in [-0.2, -0.15) is 0 Å². The summed E-state index contributed by atoms with van der Waals surface area (Å²) in [6.45, 7) is 4.12. The topological polar surface area (TPSA) is 53.1 Å². The van der Waals surface area contributed by atoms with E-state index in [1.807, 2.05) is 56.4 Å². The molecule has 21 heavy (non-hydrogen) atoms. The van der Waals surface area contributed by atoms with Gasteiger partial charge in [0.05, 0.1) is 6.04 Å². The quantitative estimate of drug-likeness (QED) is 0.659. The molecule has 0 saturated carbocycles. The minimum absolute atomic E-state index is 0.0869. The summed E-state index contributed by atoms with van der Waals surface area (Å²) >= 11 is 5.94. The van der Waals surface area contributed by atoms with Crippen LogP contribution >= 0.6 is 11.6 Å². The average molecular weight is 302 g/mol. The van der Waals surface area contributed by atoms with Gasteiger partial charge in [-0.15, -0.1) is 0 Å². The maximum absolute atomic E-state index is 7.77. The number of nitrogens with one attached hydrogen (secondary N) is 1. The fourth-order valence-electron chi connectivity index (χ4n) is 2.35. The summed E-state index contributed by atoms with van der Waals surface area (Å²) < 4.78 is 0. The molecule has 0 radical (unpaired) electrons. The van der Waals surface area contributed by atoms with Gasteiger partial charge in [-0.3, -0.25) is 5.41 Å². The molecule has 0 aliphatic carbocycles. The number of hydrogen-bond donors (Lipinski definition) is 2. The van der Waals surface area contributed by atoms with Gasteiger partial charge < -0.3 is 10.6 Å². The van der Waals surface area contributed by atoms with Crippen LogP contribution in [0.4, 0.5) is 5.69 Å². The Morgan fingerprint density at radius 3 is 2.38 bits per heavy atom. The zero-order chi connectivity index (χ0) is 15.6. The third kappa shape index (κ3) is 3.37. The normalized spacial score (nSPS) is 12.0. The van der Waals surface area contributed by atoms with Crippen LogP contribution in [0.15, 0.2) is 42.5 Å². The molecule has 3 N–H and O–H groups in total. The lowest BCUT2D eigenvalue weighted by Gasteiger charge is -2.29. The van der Waals surface area contributed by atoms with E-state index in [1.165, 1.54) is 0 Å². The largest absolute Gasteiger partial charge is 0.384 e. The van der Waals surface area contributed by atoms with E-state index in [2.05, 4.69) is 11.8 Å². The minimum Gasteiger partial charge on any atom is -0.384 e. The molecule has 3 nitrogen and oxygen atoms in total. The monoisotopic (exact) mass is 301 g/mol. The smallest absolute Gasteiger partial charge is 0.124 e. The third-order valence-electron chi connectivity index (χ3n) is 3.76. The van der Waals surface area contributed by atoms with Crippen LogP contribution in [0.5, 0.6) is 0 Å². The summed E-state index contributed by atoms with van der Waals surface area (Å²) in [4.78, 5) is 2.12. The molecule has 1 unspecified atom stereocenters. The van der Waals surface area contributed by atoms with Crippen molar-refractivity contribution < 1.29 is 0 Å². The Hall–Kier alpha value is -2.00. The number of nitrogens with two attached hydrogens (primary N) is 1. The van der Waals surface area contributed by atoms with Gasteiger partial charge in [-0.05, 0) is 43.7 Å². The highest BCUT2D eigenvalue weighted by atomic mass is 35.5. The van der Waals surface area contributed by atoms with E-state index in [0.29, 0.717) is 0 Å². The van der Waals surface area contributed by atoms with Gasteiger partial charge in [0.25, 0.3) is 0 Å². The molecule has 110 valence electrons. The van der Waals surface area contributed by atoms with Gasteiger partial charge in [-0.25, -0.2) is 0 Å². The van der Waals surface area contributed by atoms with E-state index in [9.17, 15) is 0 Å². The van der Waals surface area contributed by atoms with Crippen LogP contribution in [0, 0.1) is 12.3 Å². The Morgan fingerprint density at radius 1 is 1.19 bits per heavy atom. The number of benzene rings is 2. The molecule has 4 heteroatoms. The number of halogens is 1. The zero-order valence-corrected chi connectivity index (χ0v) is 13.3. The molecular formula is C17H20ClN3. The van der Waals surface area contributed by atoms with E-state index < -0.39 is 0 Å². The van der Waals surface area contributed by atoms with E-state index in [-0.39, 0.29) is 11.9 Å². The third-order valence-corrected chi connectivity index (χ3v) is 4.01. The first-order chi connectivity index (χ1) is 9.90. The van der Waals surface area contributed by atoms with Crippen molar-refractivity contribution in [2.24, 2.45) is 5.73 Å². The molecule has 0 fully saturated rings. The standard InChI is InChI=1S/C17H20ClN3/c1-11-4-9-16(15(10-11)17(19)20)21(3)12(2)13-5-7-14(18)8-6-13/h4-10,12H,1-3H3,(H3,19,20). The zero-order valence-electron chi connectivity index (χ0n) is 12.5. The Balaban J connectivity index is 2.37. The van der Waals surface area contributed by atoms with Gasteiger partial charge in [0.15, 0.2) is 0 Å². The van der Waals surface area contributed by atoms with Crippen LogP contribution in [0.3, 0.4) is 0 Å². The van der Waals surface area contributed by atoms with Gasteiger partial charge >= 0.3 is 0 Å². The van der Waals surface area contributed by atoms with Gasteiger partial charge in [0.2, 0.25) is 0 Å². The van der Waals surface area contributed by atoms with Crippen molar-refractivity contribution in [3.63, 3.8) is 0 Å². The Labute approximate surface area is 130 Å². The number of nitrogen functional groups attached to an aromatic ring is 1. The minimum atomic E-state index is 0.0869. The number of rotatable bonds is 4. The molecule has 2 aromatic rings. The molecule has 0 saturated heterocycles. The summed E-state index contributed by atoms with van der Waals surface area (Å²) in [5, 5.41) is 8.50. The van der Waals surface area contributed by atoms with Crippen LogP contribution < -0.4 is 10.6 Å². The lowest BCUT2D eigenvalue weighted by atomic mass is 10.0. The van der Waals surface area contributed by atoms with Gasteiger partial charge in [0, 0.05) is 23.3 Å². The predicted octanol–water partition coefficient (Wildman–Crippen LogP) is 4.13. The van der Waals surface area contributed by atoms with E-state index >= 15 is 0 Å². The second-order valence-electron chi connectivity index (χ2n) is 5.27. The molecule has 0 aliphatic heterocycles. The summed E-state index contributed by atoms with van der Waals surface area (Å²) in [6.07, 6.45) is 0. The lowest BCUT2D eigenvalue weighted by molar-refractivity contribution is 0.739. The molecule has 0 amide bonds. The van der Waals surface area contributed by atoms with Crippen LogP contribution in [-0.4, -0.2) is 12.9 Å². The summed E-state index contributed by atoms with van der Waals surface area (Å²) in [5.74, 6) is 0.0869. The number of aryl methyl sites for hydroxylation is 1. The number of anilines is 1. The van der Waals surface area contributed by atoms with E-state index in [1.54, 1.807) is 0 Å². The Morgan fingerprint density at radius 2 is 1.81 bits per heavy atom. The van der Waals surface area contributed by atoms with Gasteiger partial charge in [-0.1, -0.05) is 35.4 Å². The summed E-state index contributed by atoms with van der Waals surface area (Å²) in [5.41, 5.74) is 9.69. The predicted molar refractivity (Wildman–Crippen MR) is 90.5 cm³/mol. The average Bonchev–Trinajstić information content (AvgIpc) is 2.46. The molecule has 0 aromatic heterocycles. The number of amidine groups is 1. The molecule has 0 spiro atoms. The van der Waals surface area contributed by atoms with Gasteiger partial charge in [0.1, 0.15) is 5.84 Å². The maximum Gasteiger partial charge on any atom is 0.124 e. The van der Waals surface area contributed by atoms with Crippen LogP contribution in [0.1, 0.15) is 29.7 Å². The SMILES string of the molecule is Cc1ccc(N(C)C(C)c2ccc(Cl)cc2)c(C(=N)N)c1. The van der Waals surface area contributed by atoms with Crippen molar-refractivity contribution in [1.29, 1.82) is 5.41 Å². The second kappa shape index (κ2) is 6.19. The highest BCUT2D eigenvalue weighted by molar-refractivity contribution is 6.30. The van der Waals surface area contributed by atoms with E-state index in [0.717, 1.165) is 27.4 Å². The molecule has 0 bridgehead atoms. The number of nitrogens with zero attached hydrogens (tertiary/aromatic N) is 1. The van der Waals surface area contributed by atoms with Crippen molar-refractivity contribution in [3.8, 4) is 0 Å². The second-order valence-corrected chi connectivity index (χ2v) is 5.71. The van der Waals surface area contributed by atoms with Crippen molar-refractivity contribution in [2.75, 3.05) is 11.9 Å². The summed E-state index contributed by atoms with van der Waals surface area (Å²) in [6, 6.07) is 14.0. The van der Waals surface area contributed by atoms with E-state index in [4.69, 9.17) is 22.7 Å². The first-order valence-electron chi connectivity index (χ1n) is 6.83. The van der Waals surface area contributed by atoms with Crippen molar-refractivity contribution >= 4 is 23.1 Å². The maximum atomic E-state index is 7.77. The molecule has 2 aromatic carbocycles. The molecule has 1 atom stereocenters. The molecule has 0 heterocycles. The Kier molecular flexibility index (Phi) is 4.53. The highest BCUT2D eigenvalue weighted by Gasteiger charge is 2.16. The molecule has 2 rings (SSSR count). The highest BCUT2D eigenvalue weighted by Crippen LogP contribution is 2.29. The first kappa shape index (κ1) is 15.4. The Bertz CT molecular complexity index is 650. The van der Waals surface area contributed by atoms with Crippen molar-refractivity contribution in [2.45, 2.75) is 19.9 Å². The molecular weight excluding hydrogens is 282 g/mol. The molecule has 0 aliphatic rings. The fraction of sp³-hybridized carbons (Fsp3) is 0.235. The first-order valence-corrected chi connectivity index (χ1v) is 7.21. The number of hydrogen-bond acceptors (Lipinski definition) is 2. The van der Waals surface area contributed by atoms with Crippen LogP contribution in [0.25, 0.3) is 0 Å². The van der Waals surface area contributed by atoms with Crippen molar-refractivity contribution in [3.05, 3.63) is 64.2 Å². The van der Waals surface area contributed by atoms with Crippen LogP contribution in [-0.2, 0) is 0 Å². The lowest BCUT2D eigenvalue weighted by Crippen LogP contribution is -2.25. The fourth-order valence-corrected chi connectivity index (χ4v) is 2.47. The summed E-state index contributed by atoms with van der Waals surface area (Å²) in [7, 11) is 2.01. The van der Waals surface area contributed by atoms with Crippen LogP contribution in [0.2, 0.25) is 5.02 Å². The van der Waals surface area contributed by atoms with Crippen molar-refractivity contribution in [1.82, 2.24) is 0 Å².